The van der Waals surface area contributed by atoms with Gasteiger partial charge < -0.3 is 5.32 Å². The van der Waals surface area contributed by atoms with E-state index in [1.807, 2.05) is 45.0 Å². The second-order valence-electron chi connectivity index (χ2n) is 6.83. The average molecular weight is 367 g/mol. The monoisotopic (exact) mass is 367 g/mol. The summed E-state index contributed by atoms with van der Waals surface area (Å²) in [4.78, 5) is 35.9. The van der Waals surface area contributed by atoms with Gasteiger partial charge in [0, 0.05) is 17.7 Å². The van der Waals surface area contributed by atoms with Crippen molar-refractivity contribution in [1.29, 1.82) is 0 Å². The van der Waals surface area contributed by atoms with Crippen LogP contribution in [0.4, 0.5) is 5.69 Å². The van der Waals surface area contributed by atoms with E-state index < -0.39 is 5.91 Å². The Kier molecular flexibility index (Phi) is 7.11. The molecule has 142 valence electrons. The van der Waals surface area contributed by atoms with E-state index in [2.05, 4.69) is 16.2 Å². The lowest BCUT2D eigenvalue weighted by Gasteiger charge is -2.10. The van der Waals surface area contributed by atoms with Crippen LogP contribution in [-0.4, -0.2) is 17.7 Å². The standard InChI is InChI=1S/C21H25N3O3/c1-14(2)12-19(25)22-18-10-8-16(9-11-18)21(27)24-23-20(26)13-17-7-5-4-6-15(17)3/h4-11,14H,12-13H2,1-3H3,(H,22,25)(H,23,26)(H,24,27). The van der Waals surface area contributed by atoms with Crippen LogP contribution in [0.3, 0.4) is 0 Å². The summed E-state index contributed by atoms with van der Waals surface area (Å²) in [7, 11) is 0. The fourth-order valence-corrected chi connectivity index (χ4v) is 2.51. The number of hydrazine groups is 1. The summed E-state index contributed by atoms with van der Waals surface area (Å²) in [6.07, 6.45) is 0.628. The van der Waals surface area contributed by atoms with E-state index in [0.717, 1.165) is 11.1 Å². The predicted molar refractivity (Wildman–Crippen MR) is 105 cm³/mol. The summed E-state index contributed by atoms with van der Waals surface area (Å²) in [6.45, 7) is 5.88. The Morgan fingerprint density at radius 1 is 0.889 bits per heavy atom. The van der Waals surface area contributed by atoms with Crippen molar-refractivity contribution in [3.05, 3.63) is 65.2 Å². The zero-order valence-corrected chi connectivity index (χ0v) is 15.8. The minimum atomic E-state index is -0.423. The molecule has 0 spiro atoms. The first-order chi connectivity index (χ1) is 12.8. The molecule has 2 aromatic rings. The van der Waals surface area contributed by atoms with Crippen molar-refractivity contribution in [2.75, 3.05) is 5.32 Å². The van der Waals surface area contributed by atoms with Gasteiger partial charge in [-0.1, -0.05) is 38.1 Å². The fraction of sp³-hybridized carbons (Fsp3) is 0.286. The number of aryl methyl sites for hydroxylation is 1. The van der Waals surface area contributed by atoms with Crippen molar-refractivity contribution in [1.82, 2.24) is 10.9 Å². The highest BCUT2D eigenvalue weighted by molar-refractivity contribution is 5.96. The smallest absolute Gasteiger partial charge is 0.269 e. The number of nitrogens with one attached hydrogen (secondary N) is 3. The molecule has 0 aliphatic carbocycles. The maximum Gasteiger partial charge on any atom is 0.269 e. The van der Waals surface area contributed by atoms with Crippen LogP contribution in [0.2, 0.25) is 0 Å². The quantitative estimate of drug-likeness (QED) is 0.686. The third-order valence-electron chi connectivity index (χ3n) is 3.95. The minimum Gasteiger partial charge on any atom is -0.326 e. The van der Waals surface area contributed by atoms with Crippen LogP contribution < -0.4 is 16.2 Å². The summed E-state index contributed by atoms with van der Waals surface area (Å²) in [5, 5.41) is 2.78. The molecule has 0 saturated carbocycles. The maximum atomic E-state index is 12.1. The molecule has 27 heavy (non-hydrogen) atoms. The number of hydrogen-bond acceptors (Lipinski definition) is 3. The van der Waals surface area contributed by atoms with Gasteiger partial charge in [0.2, 0.25) is 11.8 Å². The molecule has 3 N–H and O–H groups in total. The Morgan fingerprint density at radius 2 is 1.56 bits per heavy atom. The zero-order chi connectivity index (χ0) is 19.8. The van der Waals surface area contributed by atoms with Crippen molar-refractivity contribution in [2.45, 2.75) is 33.6 Å². The Labute approximate surface area is 159 Å². The maximum absolute atomic E-state index is 12.1. The summed E-state index contributed by atoms with van der Waals surface area (Å²) in [5.74, 6) is -0.507. The van der Waals surface area contributed by atoms with Crippen molar-refractivity contribution < 1.29 is 14.4 Å². The van der Waals surface area contributed by atoms with Gasteiger partial charge in [-0.3, -0.25) is 25.2 Å². The molecule has 0 fully saturated rings. The van der Waals surface area contributed by atoms with Crippen molar-refractivity contribution in [3.63, 3.8) is 0 Å². The van der Waals surface area contributed by atoms with Gasteiger partial charge in [-0.2, -0.15) is 0 Å². The Morgan fingerprint density at radius 3 is 2.19 bits per heavy atom. The number of hydrogen-bond donors (Lipinski definition) is 3. The average Bonchev–Trinajstić information content (AvgIpc) is 2.61. The first kappa shape index (κ1) is 20.2. The molecule has 0 radical (unpaired) electrons. The van der Waals surface area contributed by atoms with Crippen LogP contribution in [0.15, 0.2) is 48.5 Å². The Balaban J connectivity index is 1.84. The topological polar surface area (TPSA) is 87.3 Å². The van der Waals surface area contributed by atoms with Gasteiger partial charge in [-0.15, -0.1) is 0 Å². The lowest BCUT2D eigenvalue weighted by atomic mass is 10.1. The second-order valence-corrected chi connectivity index (χ2v) is 6.83. The van der Waals surface area contributed by atoms with Crippen molar-refractivity contribution in [2.24, 2.45) is 5.92 Å². The highest BCUT2D eigenvalue weighted by Crippen LogP contribution is 2.11. The van der Waals surface area contributed by atoms with E-state index in [1.165, 1.54) is 0 Å². The number of carbonyl (C=O) groups excluding carboxylic acids is 3. The van der Waals surface area contributed by atoms with Gasteiger partial charge in [0.25, 0.3) is 5.91 Å². The lowest BCUT2D eigenvalue weighted by molar-refractivity contribution is -0.121. The van der Waals surface area contributed by atoms with E-state index in [-0.39, 0.29) is 24.2 Å². The second kappa shape index (κ2) is 9.52. The van der Waals surface area contributed by atoms with Crippen LogP contribution >= 0.6 is 0 Å². The van der Waals surface area contributed by atoms with Gasteiger partial charge >= 0.3 is 0 Å². The van der Waals surface area contributed by atoms with E-state index in [0.29, 0.717) is 17.7 Å². The highest BCUT2D eigenvalue weighted by atomic mass is 16.2. The molecule has 2 rings (SSSR count). The molecule has 0 unspecified atom stereocenters. The number of anilines is 1. The highest BCUT2D eigenvalue weighted by Gasteiger charge is 2.10. The fourth-order valence-electron chi connectivity index (χ4n) is 2.51. The van der Waals surface area contributed by atoms with Crippen molar-refractivity contribution >= 4 is 23.4 Å². The molecule has 0 bridgehead atoms. The van der Waals surface area contributed by atoms with Crippen LogP contribution in [0, 0.1) is 12.8 Å². The van der Waals surface area contributed by atoms with Gasteiger partial charge in [-0.25, -0.2) is 0 Å². The third kappa shape index (κ3) is 6.58. The van der Waals surface area contributed by atoms with Crippen LogP contribution in [0.25, 0.3) is 0 Å². The number of rotatable bonds is 6. The number of amides is 3. The molecular weight excluding hydrogens is 342 g/mol. The van der Waals surface area contributed by atoms with Crippen LogP contribution in [0.5, 0.6) is 0 Å². The molecule has 0 heterocycles. The largest absolute Gasteiger partial charge is 0.326 e. The van der Waals surface area contributed by atoms with Crippen LogP contribution in [0.1, 0.15) is 41.8 Å². The molecule has 0 atom stereocenters. The normalized spacial score (nSPS) is 10.4. The van der Waals surface area contributed by atoms with E-state index in [9.17, 15) is 14.4 Å². The molecule has 6 heteroatoms. The Hall–Kier alpha value is -3.15. The number of carbonyl (C=O) groups is 3. The molecule has 0 saturated heterocycles. The van der Waals surface area contributed by atoms with E-state index in [1.54, 1.807) is 24.3 Å². The summed E-state index contributed by atoms with van der Waals surface area (Å²) < 4.78 is 0. The molecule has 6 nitrogen and oxygen atoms in total. The zero-order valence-electron chi connectivity index (χ0n) is 15.8. The van der Waals surface area contributed by atoms with Gasteiger partial charge in [0.05, 0.1) is 6.42 Å². The summed E-state index contributed by atoms with van der Waals surface area (Å²) >= 11 is 0. The molecule has 0 aliphatic heterocycles. The number of benzene rings is 2. The molecule has 3 amide bonds. The summed E-state index contributed by atoms with van der Waals surface area (Å²) in [6, 6.07) is 14.1. The summed E-state index contributed by atoms with van der Waals surface area (Å²) in [5.41, 5.74) is 7.75. The van der Waals surface area contributed by atoms with Crippen molar-refractivity contribution in [3.8, 4) is 0 Å². The third-order valence-corrected chi connectivity index (χ3v) is 3.95. The first-order valence-corrected chi connectivity index (χ1v) is 8.88. The van der Waals surface area contributed by atoms with E-state index >= 15 is 0 Å². The molecule has 0 aliphatic rings. The minimum absolute atomic E-state index is 0.0642. The first-order valence-electron chi connectivity index (χ1n) is 8.88. The predicted octanol–water partition coefficient (Wildman–Crippen LogP) is 2.98. The van der Waals surface area contributed by atoms with Gasteiger partial charge in [0.1, 0.15) is 0 Å². The molecule has 0 aromatic heterocycles. The lowest BCUT2D eigenvalue weighted by Crippen LogP contribution is -2.42. The Bertz CT molecular complexity index is 814. The molecule has 2 aromatic carbocycles. The SMILES string of the molecule is Cc1ccccc1CC(=O)NNC(=O)c1ccc(NC(=O)CC(C)C)cc1. The molecular formula is C21H25N3O3. The van der Waals surface area contributed by atoms with Gasteiger partial charge in [-0.05, 0) is 48.2 Å². The van der Waals surface area contributed by atoms with Crippen LogP contribution in [-0.2, 0) is 16.0 Å². The van der Waals surface area contributed by atoms with E-state index in [4.69, 9.17) is 0 Å². The van der Waals surface area contributed by atoms with Gasteiger partial charge in [0.15, 0.2) is 0 Å².